The predicted molar refractivity (Wildman–Crippen MR) is 204 cm³/mol. The first kappa shape index (κ1) is 39.7. The largest absolute Gasteiger partial charge is 0.477 e. The van der Waals surface area contributed by atoms with E-state index in [9.17, 15) is 4.79 Å². The maximum Gasteiger partial charge on any atom is 0.308 e. The Morgan fingerprint density at radius 3 is 2.48 bits per heavy atom. The zero-order valence-corrected chi connectivity index (χ0v) is 33.3. The van der Waals surface area contributed by atoms with Crippen molar-refractivity contribution in [3.63, 3.8) is 0 Å². The van der Waals surface area contributed by atoms with Crippen LogP contribution >= 0.6 is 0 Å². The van der Waals surface area contributed by atoms with Crippen LogP contribution in [0.2, 0.25) is 18.1 Å². The number of benzene rings is 1. The first-order valence-electron chi connectivity index (χ1n) is 18.4. The van der Waals surface area contributed by atoms with Crippen molar-refractivity contribution in [3.8, 4) is 5.88 Å². The van der Waals surface area contributed by atoms with E-state index in [1.54, 1.807) is 0 Å². The number of esters is 1. The molecule has 274 valence electrons. The summed E-state index contributed by atoms with van der Waals surface area (Å²) < 4.78 is 32.3. The van der Waals surface area contributed by atoms with Crippen LogP contribution in [0.15, 0.2) is 84.5 Å². The maximum absolute atomic E-state index is 13.7. The third-order valence-electron chi connectivity index (χ3n) is 10.3. The summed E-state index contributed by atoms with van der Waals surface area (Å²) >= 11 is 0. The average molecular weight is 704 g/mol. The van der Waals surface area contributed by atoms with Crippen LogP contribution in [0, 0.1) is 11.8 Å². The number of carbonyl (C=O) groups excluding carboxylic acids is 1. The molecule has 1 fully saturated rings. The minimum Gasteiger partial charge on any atom is -0.477 e. The van der Waals surface area contributed by atoms with E-state index in [-0.39, 0.29) is 41.5 Å². The molecule has 7 atom stereocenters. The van der Waals surface area contributed by atoms with Crippen LogP contribution in [-0.2, 0) is 23.4 Å². The fraction of sp³-hybridized carbons (Fsp3) is 0.571. The van der Waals surface area contributed by atoms with Gasteiger partial charge in [0.15, 0.2) is 14.6 Å². The Kier molecular flexibility index (Phi) is 13.5. The molecule has 50 heavy (non-hydrogen) atoms. The molecule has 1 aromatic heterocycles. The molecule has 4 rings (SSSR count). The number of fused-ring (bicyclic) bond motifs is 1. The summed E-state index contributed by atoms with van der Waals surface area (Å²) in [5.74, 6) is 0.779. The molecule has 2 aromatic rings. The zero-order valence-electron chi connectivity index (χ0n) is 32.3. The van der Waals surface area contributed by atoms with Gasteiger partial charge in [-0.15, -0.1) is 0 Å². The molecule has 0 bridgehead atoms. The van der Waals surface area contributed by atoms with Crippen LogP contribution in [0.4, 0.5) is 0 Å². The Morgan fingerprint density at radius 2 is 1.80 bits per heavy atom. The lowest BCUT2D eigenvalue weighted by atomic mass is 9.89. The average Bonchev–Trinajstić information content (AvgIpc) is 3.39. The van der Waals surface area contributed by atoms with Crippen LogP contribution in [0.1, 0.15) is 105 Å². The van der Waals surface area contributed by atoms with Crippen LogP contribution in [0.25, 0.3) is 0 Å². The number of allylic oxidation sites excluding steroid dienone is 3. The first-order chi connectivity index (χ1) is 23.5. The normalized spacial score (nSPS) is 28.4. The molecule has 0 saturated carbocycles. The number of aromatic nitrogens is 1. The lowest BCUT2D eigenvalue weighted by Gasteiger charge is -2.40. The lowest BCUT2D eigenvalue weighted by Crippen LogP contribution is -2.45. The van der Waals surface area contributed by atoms with Crippen molar-refractivity contribution in [1.82, 2.24) is 4.98 Å². The number of cyclic esters (lactones) is 1. The number of nitrogens with zero attached hydrogens (tertiary/aromatic N) is 1. The highest BCUT2D eigenvalue weighted by Gasteiger charge is 2.47. The van der Waals surface area contributed by atoms with Crippen molar-refractivity contribution in [1.29, 1.82) is 0 Å². The second-order valence-electron chi connectivity index (χ2n) is 16.3. The number of ether oxygens (including phenoxy) is 4. The number of carbonyl (C=O) groups is 1. The van der Waals surface area contributed by atoms with Crippen molar-refractivity contribution in [2.45, 2.75) is 136 Å². The van der Waals surface area contributed by atoms with Gasteiger partial charge in [0, 0.05) is 23.5 Å². The minimum atomic E-state index is -2.19. The van der Waals surface area contributed by atoms with E-state index in [4.69, 9.17) is 28.4 Å². The van der Waals surface area contributed by atoms with Gasteiger partial charge in [-0.3, -0.25) is 4.79 Å². The van der Waals surface area contributed by atoms with Gasteiger partial charge in [0.05, 0.1) is 30.4 Å². The van der Waals surface area contributed by atoms with Crippen molar-refractivity contribution < 1.29 is 28.2 Å². The van der Waals surface area contributed by atoms with Gasteiger partial charge >= 0.3 is 5.97 Å². The van der Waals surface area contributed by atoms with Gasteiger partial charge in [-0.05, 0) is 62.4 Å². The molecular formula is C42H61NO6Si. The second kappa shape index (κ2) is 17.0. The van der Waals surface area contributed by atoms with E-state index in [0.29, 0.717) is 31.2 Å². The van der Waals surface area contributed by atoms with E-state index < -0.39 is 26.3 Å². The number of rotatable bonds is 10. The minimum absolute atomic E-state index is 0.00106. The molecule has 2 aliphatic heterocycles. The Morgan fingerprint density at radius 1 is 1.08 bits per heavy atom. The molecule has 8 heteroatoms. The summed E-state index contributed by atoms with van der Waals surface area (Å²) in [7, 11) is -2.19. The molecule has 0 radical (unpaired) electrons. The van der Waals surface area contributed by atoms with Crippen molar-refractivity contribution in [2.75, 3.05) is 6.61 Å². The third kappa shape index (κ3) is 10.7. The van der Waals surface area contributed by atoms with E-state index in [0.717, 1.165) is 16.8 Å². The number of hydrogen-bond donors (Lipinski definition) is 0. The predicted octanol–water partition coefficient (Wildman–Crippen LogP) is 10.3. The first-order valence-corrected chi connectivity index (χ1v) is 21.3. The van der Waals surface area contributed by atoms with Crippen molar-refractivity contribution >= 4 is 14.3 Å². The zero-order chi connectivity index (χ0) is 36.7. The molecule has 0 aliphatic carbocycles. The van der Waals surface area contributed by atoms with Gasteiger partial charge in [0.1, 0.15) is 12.2 Å². The van der Waals surface area contributed by atoms with Crippen LogP contribution < -0.4 is 4.74 Å². The lowest BCUT2D eigenvalue weighted by molar-refractivity contribution is -0.151. The summed E-state index contributed by atoms with van der Waals surface area (Å²) in [6.45, 7) is 24.4. The molecule has 3 heterocycles. The third-order valence-corrected chi connectivity index (χ3v) is 14.8. The van der Waals surface area contributed by atoms with Gasteiger partial charge in [-0.2, -0.15) is 0 Å². The molecule has 0 spiro atoms. The summed E-state index contributed by atoms with van der Waals surface area (Å²) in [5, 5.41) is -0.00106. The van der Waals surface area contributed by atoms with Crippen LogP contribution in [-0.4, -0.2) is 49.8 Å². The Labute approximate surface area is 302 Å². The van der Waals surface area contributed by atoms with E-state index >= 15 is 0 Å². The molecule has 0 amide bonds. The Hall–Kier alpha value is -3.04. The molecule has 2 unspecified atom stereocenters. The smallest absolute Gasteiger partial charge is 0.308 e. The monoisotopic (exact) mass is 703 g/mol. The van der Waals surface area contributed by atoms with Crippen LogP contribution in [0.5, 0.6) is 5.88 Å². The molecule has 1 saturated heterocycles. The second-order valence-corrected chi connectivity index (χ2v) is 21.1. The van der Waals surface area contributed by atoms with Gasteiger partial charge in [-0.25, -0.2) is 4.98 Å². The topological polar surface area (TPSA) is 76.1 Å². The van der Waals surface area contributed by atoms with E-state index in [1.807, 2.05) is 67.6 Å². The standard InChI is InChI=1S/C42H61NO6Si/c1-29(2)28-45-37-22-16-21-35(43-37)30(3)17-15-18-31(4)39-32(5)23-24-36-42(9,48-40(46-36)33-19-13-12-14-20-33)26-25-34(27-38(44)47-39)49-50(10,11)41(6,7)8/h12-24,29-30,32,34,36,39-40H,25-28H2,1-11H3/b17-15+,24-23+,31-18+/t30?,32-,34+,36-,39+,40?,42+/m0/s1. The van der Waals surface area contributed by atoms with Gasteiger partial charge in [0.2, 0.25) is 5.88 Å². The highest BCUT2D eigenvalue weighted by molar-refractivity contribution is 6.74. The summed E-state index contributed by atoms with van der Waals surface area (Å²) in [5.41, 5.74) is 2.28. The molecule has 7 nitrogen and oxygen atoms in total. The fourth-order valence-corrected chi connectivity index (χ4v) is 7.41. The number of pyridine rings is 1. The Bertz CT molecular complexity index is 1500. The van der Waals surface area contributed by atoms with Crippen molar-refractivity contribution in [2.24, 2.45) is 11.8 Å². The molecule has 1 aromatic carbocycles. The molecule has 0 N–H and O–H groups in total. The highest BCUT2D eigenvalue weighted by Crippen LogP contribution is 2.44. The van der Waals surface area contributed by atoms with E-state index in [2.05, 4.69) is 86.7 Å². The van der Waals surface area contributed by atoms with Gasteiger partial charge in [-0.1, -0.05) is 115 Å². The van der Waals surface area contributed by atoms with Gasteiger partial charge < -0.3 is 23.4 Å². The Balaban J connectivity index is 1.60. The highest BCUT2D eigenvalue weighted by atomic mass is 28.4. The summed E-state index contributed by atoms with van der Waals surface area (Å²) in [6, 6.07) is 16.0. The van der Waals surface area contributed by atoms with Gasteiger partial charge in [0.25, 0.3) is 0 Å². The molecular weight excluding hydrogens is 643 g/mol. The maximum atomic E-state index is 13.7. The molecule has 2 aliphatic rings. The van der Waals surface area contributed by atoms with Crippen LogP contribution in [0.3, 0.4) is 0 Å². The summed E-state index contributed by atoms with van der Waals surface area (Å²) in [4.78, 5) is 18.4. The summed E-state index contributed by atoms with van der Waals surface area (Å²) in [6.07, 6.45) is 10.4. The van der Waals surface area contributed by atoms with E-state index in [1.165, 1.54) is 0 Å². The SMILES string of the molecule is C/C(=C\C=C\C(C)c1cccc(OCC(C)C)n1)[C@H]1OC(=O)C[C@H](O[Si](C)(C)C(C)(C)C)CC[C@@]2(C)OC(c3ccccc3)O[C@H]2/C=C/[C@@H]1C. The number of hydrogen-bond acceptors (Lipinski definition) is 7. The quantitative estimate of drug-likeness (QED) is 0.106. The fourth-order valence-electron chi connectivity index (χ4n) is 6.02. The van der Waals surface area contributed by atoms with Crippen molar-refractivity contribution in [3.05, 3.63) is 95.7 Å².